The standard InChI is InChI=1S/C12H11FN4O/c1-8-16-12(17-18-8)4-5-15-10-3-2-9(7-14)11(13)6-10/h2-3,6,15H,4-5H2,1H3. The maximum atomic E-state index is 13.3. The fourth-order valence-electron chi connectivity index (χ4n) is 1.48. The van der Waals surface area contributed by atoms with Crippen molar-refractivity contribution in [3.63, 3.8) is 0 Å². The van der Waals surface area contributed by atoms with Gasteiger partial charge in [0.05, 0.1) is 5.56 Å². The molecule has 0 radical (unpaired) electrons. The summed E-state index contributed by atoms with van der Waals surface area (Å²) in [5, 5.41) is 15.4. The molecule has 1 aromatic heterocycles. The first-order valence-corrected chi connectivity index (χ1v) is 5.42. The van der Waals surface area contributed by atoms with E-state index in [-0.39, 0.29) is 5.56 Å². The lowest BCUT2D eigenvalue weighted by atomic mass is 10.2. The Morgan fingerprint density at radius 2 is 2.33 bits per heavy atom. The van der Waals surface area contributed by atoms with Crippen molar-refractivity contribution in [2.75, 3.05) is 11.9 Å². The third-order valence-corrected chi connectivity index (χ3v) is 2.34. The molecule has 0 aliphatic rings. The lowest BCUT2D eigenvalue weighted by Gasteiger charge is -2.04. The topological polar surface area (TPSA) is 74.7 Å². The number of nitrogens with zero attached hydrogens (tertiary/aromatic N) is 3. The van der Waals surface area contributed by atoms with Crippen molar-refractivity contribution in [3.8, 4) is 6.07 Å². The zero-order valence-electron chi connectivity index (χ0n) is 9.77. The van der Waals surface area contributed by atoms with E-state index in [0.717, 1.165) is 0 Å². The first-order chi connectivity index (χ1) is 8.69. The van der Waals surface area contributed by atoms with E-state index in [1.165, 1.54) is 12.1 Å². The summed E-state index contributed by atoms with van der Waals surface area (Å²) in [4.78, 5) is 4.05. The molecule has 0 fully saturated rings. The predicted octanol–water partition coefficient (Wildman–Crippen LogP) is 2.04. The maximum absolute atomic E-state index is 13.3. The summed E-state index contributed by atoms with van der Waals surface area (Å²) in [7, 11) is 0. The van der Waals surface area contributed by atoms with Crippen LogP contribution in [0.4, 0.5) is 10.1 Å². The van der Waals surface area contributed by atoms with Gasteiger partial charge in [0.2, 0.25) is 5.89 Å². The Morgan fingerprint density at radius 3 is 2.94 bits per heavy atom. The SMILES string of the molecule is Cc1nc(CCNc2ccc(C#N)c(F)c2)no1. The molecule has 92 valence electrons. The molecule has 0 bridgehead atoms. The molecule has 6 heteroatoms. The number of aromatic nitrogens is 2. The van der Waals surface area contributed by atoms with E-state index in [0.29, 0.717) is 30.4 Å². The molecular formula is C12H11FN4O. The molecule has 5 nitrogen and oxygen atoms in total. The Hall–Kier alpha value is -2.42. The van der Waals surface area contributed by atoms with Crippen LogP contribution >= 0.6 is 0 Å². The summed E-state index contributed by atoms with van der Waals surface area (Å²) in [5.41, 5.74) is 0.654. The van der Waals surface area contributed by atoms with Gasteiger partial charge in [-0.1, -0.05) is 5.16 Å². The number of hydrogen-bond acceptors (Lipinski definition) is 5. The number of aryl methyl sites for hydroxylation is 1. The third kappa shape index (κ3) is 2.83. The maximum Gasteiger partial charge on any atom is 0.223 e. The number of benzene rings is 1. The first kappa shape index (κ1) is 12.0. The molecule has 0 spiro atoms. The van der Waals surface area contributed by atoms with Crippen molar-refractivity contribution in [2.45, 2.75) is 13.3 Å². The molecule has 0 aliphatic heterocycles. The Balaban J connectivity index is 1.91. The fourth-order valence-corrected chi connectivity index (χ4v) is 1.48. The summed E-state index contributed by atoms with van der Waals surface area (Å²) < 4.78 is 18.1. The van der Waals surface area contributed by atoms with E-state index in [2.05, 4.69) is 15.5 Å². The van der Waals surface area contributed by atoms with Crippen molar-refractivity contribution in [2.24, 2.45) is 0 Å². The molecular weight excluding hydrogens is 235 g/mol. The lowest BCUT2D eigenvalue weighted by Crippen LogP contribution is -2.06. The van der Waals surface area contributed by atoms with Gasteiger partial charge in [-0.3, -0.25) is 0 Å². The molecule has 0 atom stereocenters. The minimum atomic E-state index is -0.530. The summed E-state index contributed by atoms with van der Waals surface area (Å²) in [6.45, 7) is 2.28. The number of nitriles is 1. The van der Waals surface area contributed by atoms with E-state index in [9.17, 15) is 4.39 Å². The number of halogens is 1. The van der Waals surface area contributed by atoms with E-state index in [4.69, 9.17) is 9.78 Å². The van der Waals surface area contributed by atoms with Gasteiger partial charge in [-0.05, 0) is 18.2 Å². The largest absolute Gasteiger partial charge is 0.385 e. The number of rotatable bonds is 4. The Kier molecular flexibility index (Phi) is 3.53. The first-order valence-electron chi connectivity index (χ1n) is 5.42. The highest BCUT2D eigenvalue weighted by atomic mass is 19.1. The van der Waals surface area contributed by atoms with Crippen molar-refractivity contribution in [3.05, 3.63) is 41.3 Å². The molecule has 2 aromatic rings. The average molecular weight is 246 g/mol. The van der Waals surface area contributed by atoms with Crippen molar-refractivity contribution in [1.29, 1.82) is 5.26 Å². The molecule has 0 saturated heterocycles. The summed E-state index contributed by atoms with van der Waals surface area (Å²) in [6, 6.07) is 6.16. The van der Waals surface area contributed by atoms with E-state index < -0.39 is 5.82 Å². The van der Waals surface area contributed by atoms with Crippen LogP contribution in [0.5, 0.6) is 0 Å². The summed E-state index contributed by atoms with van der Waals surface area (Å²) in [5.74, 6) is 0.599. The monoisotopic (exact) mass is 246 g/mol. The van der Waals surface area contributed by atoms with E-state index in [1.54, 1.807) is 19.1 Å². The predicted molar refractivity (Wildman–Crippen MR) is 62.3 cm³/mol. The lowest BCUT2D eigenvalue weighted by molar-refractivity contribution is 0.387. The fraction of sp³-hybridized carbons (Fsp3) is 0.250. The summed E-state index contributed by atoms with van der Waals surface area (Å²) in [6.07, 6.45) is 0.582. The molecule has 1 aromatic carbocycles. The molecule has 0 saturated carbocycles. The van der Waals surface area contributed by atoms with Crippen LogP contribution in [0.1, 0.15) is 17.3 Å². The van der Waals surface area contributed by atoms with Crippen LogP contribution in [0, 0.1) is 24.1 Å². The normalized spacial score (nSPS) is 10.1. The number of hydrogen-bond donors (Lipinski definition) is 1. The van der Waals surface area contributed by atoms with Gasteiger partial charge in [0, 0.05) is 25.6 Å². The van der Waals surface area contributed by atoms with Crippen molar-refractivity contribution in [1.82, 2.24) is 10.1 Å². The van der Waals surface area contributed by atoms with Crippen LogP contribution in [0.15, 0.2) is 22.7 Å². The van der Waals surface area contributed by atoms with Crippen LogP contribution in [0.25, 0.3) is 0 Å². The average Bonchev–Trinajstić information content (AvgIpc) is 2.75. The van der Waals surface area contributed by atoms with Gasteiger partial charge in [-0.15, -0.1) is 0 Å². The minimum Gasteiger partial charge on any atom is -0.385 e. The van der Waals surface area contributed by atoms with Crippen LogP contribution < -0.4 is 5.32 Å². The van der Waals surface area contributed by atoms with Crippen LogP contribution in [0.2, 0.25) is 0 Å². The third-order valence-electron chi connectivity index (χ3n) is 2.34. The van der Waals surface area contributed by atoms with Gasteiger partial charge < -0.3 is 9.84 Å². The highest BCUT2D eigenvalue weighted by Gasteiger charge is 2.04. The molecule has 0 aliphatic carbocycles. The second-order valence-electron chi connectivity index (χ2n) is 3.71. The molecule has 2 rings (SSSR count). The highest BCUT2D eigenvalue weighted by Crippen LogP contribution is 2.13. The van der Waals surface area contributed by atoms with Gasteiger partial charge >= 0.3 is 0 Å². The quantitative estimate of drug-likeness (QED) is 0.893. The van der Waals surface area contributed by atoms with E-state index in [1.807, 2.05) is 0 Å². The molecule has 0 amide bonds. The zero-order valence-corrected chi connectivity index (χ0v) is 9.77. The molecule has 0 unspecified atom stereocenters. The van der Waals surface area contributed by atoms with Gasteiger partial charge in [-0.2, -0.15) is 10.2 Å². The number of nitrogens with one attached hydrogen (secondary N) is 1. The Bertz CT molecular complexity index is 588. The van der Waals surface area contributed by atoms with Gasteiger partial charge in [0.15, 0.2) is 5.82 Å². The Morgan fingerprint density at radius 1 is 1.50 bits per heavy atom. The van der Waals surface area contributed by atoms with Crippen molar-refractivity contribution < 1.29 is 8.91 Å². The van der Waals surface area contributed by atoms with Gasteiger partial charge in [0.25, 0.3) is 0 Å². The molecule has 1 N–H and O–H groups in total. The van der Waals surface area contributed by atoms with E-state index >= 15 is 0 Å². The van der Waals surface area contributed by atoms with Crippen molar-refractivity contribution >= 4 is 5.69 Å². The molecule has 1 heterocycles. The van der Waals surface area contributed by atoms with Crippen LogP contribution in [-0.2, 0) is 6.42 Å². The second kappa shape index (κ2) is 5.27. The Labute approximate surface area is 103 Å². The molecule has 18 heavy (non-hydrogen) atoms. The smallest absolute Gasteiger partial charge is 0.223 e. The minimum absolute atomic E-state index is 0.0364. The zero-order chi connectivity index (χ0) is 13.0. The number of anilines is 1. The van der Waals surface area contributed by atoms with Gasteiger partial charge in [-0.25, -0.2) is 4.39 Å². The second-order valence-corrected chi connectivity index (χ2v) is 3.71. The van der Waals surface area contributed by atoms with Crippen LogP contribution in [-0.4, -0.2) is 16.7 Å². The highest BCUT2D eigenvalue weighted by molar-refractivity contribution is 5.48. The summed E-state index contributed by atoms with van der Waals surface area (Å²) >= 11 is 0. The van der Waals surface area contributed by atoms with Crippen LogP contribution in [0.3, 0.4) is 0 Å². The van der Waals surface area contributed by atoms with Gasteiger partial charge in [0.1, 0.15) is 11.9 Å².